The fourth-order valence-electron chi connectivity index (χ4n) is 0.909. The second kappa shape index (κ2) is 3.99. The first-order valence-corrected chi connectivity index (χ1v) is 4.05. The molecular weight excluding hydrogens is 172 g/mol. The number of hydrogen-bond donors (Lipinski definition) is 0. The van der Waals surface area contributed by atoms with Crippen molar-refractivity contribution in [3.05, 3.63) is 29.8 Å². The molecule has 0 aliphatic rings. The molecule has 1 rings (SSSR count). The largest absolute Gasteiger partial charge is 0.286 e. The zero-order valence-corrected chi connectivity index (χ0v) is 7.54. The number of nitriles is 1. The summed E-state index contributed by atoms with van der Waals surface area (Å²) in [5.41, 5.74) is 1.49. The van der Waals surface area contributed by atoms with Crippen LogP contribution in [0.1, 0.15) is 12.5 Å². The molecule has 62 valence electrons. The summed E-state index contributed by atoms with van der Waals surface area (Å²) in [5, 5.41) is 8.60. The molecule has 0 N–H and O–H groups in total. The fourth-order valence-corrected chi connectivity index (χ4v) is 1.01. The summed E-state index contributed by atoms with van der Waals surface area (Å²) in [6.45, 7) is 2.67. The average molecular weight is 181 g/mol. The van der Waals surface area contributed by atoms with E-state index < -0.39 is 0 Å². The molecule has 0 amide bonds. The third-order valence-electron chi connectivity index (χ3n) is 1.53. The summed E-state index contributed by atoms with van der Waals surface area (Å²) >= 11 is 5.84. The molecule has 0 aromatic heterocycles. The number of halogens is 1. The van der Waals surface area contributed by atoms with Crippen molar-refractivity contribution >= 4 is 17.5 Å². The second-order valence-corrected chi connectivity index (χ2v) is 2.75. The molecule has 0 spiro atoms. The molecule has 0 aliphatic heterocycles. The van der Waals surface area contributed by atoms with Gasteiger partial charge in [0.2, 0.25) is 0 Å². The normalized spacial score (nSPS) is 9.08. The Hall–Kier alpha value is -1.20. The quantitative estimate of drug-likeness (QED) is 0.654. The number of benzene rings is 1. The zero-order valence-electron chi connectivity index (χ0n) is 6.79. The second-order valence-electron chi connectivity index (χ2n) is 2.34. The van der Waals surface area contributed by atoms with Gasteiger partial charge < -0.3 is 0 Å². The van der Waals surface area contributed by atoms with Crippen LogP contribution >= 0.6 is 11.8 Å². The van der Waals surface area contributed by atoms with Gasteiger partial charge in [-0.2, -0.15) is 5.26 Å². The summed E-state index contributed by atoms with van der Waals surface area (Å²) in [6.07, 6.45) is 0. The van der Waals surface area contributed by atoms with Crippen LogP contribution in [-0.4, -0.2) is 6.54 Å². The molecule has 0 saturated heterocycles. The third-order valence-corrected chi connectivity index (χ3v) is 1.97. The van der Waals surface area contributed by atoms with Crippen molar-refractivity contribution in [1.82, 2.24) is 0 Å². The van der Waals surface area contributed by atoms with Crippen molar-refractivity contribution < 1.29 is 0 Å². The topological polar surface area (TPSA) is 27.0 Å². The van der Waals surface area contributed by atoms with E-state index >= 15 is 0 Å². The summed E-state index contributed by atoms with van der Waals surface area (Å²) in [6, 6.07) is 9.27. The molecule has 12 heavy (non-hydrogen) atoms. The van der Waals surface area contributed by atoms with E-state index in [-0.39, 0.29) is 0 Å². The maximum absolute atomic E-state index is 8.60. The van der Waals surface area contributed by atoms with Crippen molar-refractivity contribution in [2.75, 3.05) is 11.0 Å². The molecule has 0 saturated carbocycles. The lowest BCUT2D eigenvalue weighted by Gasteiger charge is -2.12. The van der Waals surface area contributed by atoms with Crippen LogP contribution in [0.4, 0.5) is 5.69 Å². The minimum Gasteiger partial charge on any atom is -0.286 e. The molecule has 0 atom stereocenters. The van der Waals surface area contributed by atoms with E-state index in [0.717, 1.165) is 12.2 Å². The maximum atomic E-state index is 8.60. The van der Waals surface area contributed by atoms with Gasteiger partial charge in [0, 0.05) is 18.3 Å². The van der Waals surface area contributed by atoms with Gasteiger partial charge in [-0.25, -0.2) is 0 Å². The van der Waals surface area contributed by atoms with Gasteiger partial charge in [-0.3, -0.25) is 4.42 Å². The van der Waals surface area contributed by atoms with Gasteiger partial charge in [-0.1, -0.05) is 6.07 Å². The number of hydrogen-bond acceptors (Lipinski definition) is 2. The Bertz CT molecular complexity index is 304. The summed E-state index contributed by atoms with van der Waals surface area (Å²) in [5.74, 6) is 0. The monoisotopic (exact) mass is 180 g/mol. The van der Waals surface area contributed by atoms with Gasteiger partial charge in [0.05, 0.1) is 17.3 Å². The lowest BCUT2D eigenvalue weighted by molar-refractivity contribution is 1.10. The Morgan fingerprint density at radius 2 is 2.33 bits per heavy atom. The van der Waals surface area contributed by atoms with E-state index in [1.54, 1.807) is 16.6 Å². The molecule has 0 aliphatic carbocycles. The highest BCUT2D eigenvalue weighted by Gasteiger charge is 1.99. The van der Waals surface area contributed by atoms with Gasteiger partial charge in [-0.15, -0.1) is 0 Å². The molecule has 0 heterocycles. The Morgan fingerprint density at radius 1 is 1.58 bits per heavy atom. The Labute approximate surface area is 77.1 Å². The van der Waals surface area contributed by atoms with Gasteiger partial charge in [0.15, 0.2) is 0 Å². The van der Waals surface area contributed by atoms with Crippen LogP contribution < -0.4 is 4.42 Å². The van der Waals surface area contributed by atoms with E-state index in [0.29, 0.717) is 5.56 Å². The smallest absolute Gasteiger partial charge is 0.0992 e. The van der Waals surface area contributed by atoms with E-state index in [1.165, 1.54) is 0 Å². The number of anilines is 1. The molecule has 1 aromatic carbocycles. The van der Waals surface area contributed by atoms with Crippen molar-refractivity contribution in [1.29, 1.82) is 5.26 Å². The van der Waals surface area contributed by atoms with Gasteiger partial charge >= 0.3 is 0 Å². The van der Waals surface area contributed by atoms with Crippen LogP contribution in [0, 0.1) is 11.3 Å². The van der Waals surface area contributed by atoms with E-state index in [1.807, 2.05) is 19.1 Å². The predicted octanol–water partition coefficient (Wildman–Crippen LogP) is 2.54. The highest BCUT2D eigenvalue weighted by Crippen LogP contribution is 2.16. The van der Waals surface area contributed by atoms with Crippen LogP contribution in [0.2, 0.25) is 0 Å². The first-order chi connectivity index (χ1) is 5.77. The molecule has 3 heteroatoms. The van der Waals surface area contributed by atoms with E-state index in [9.17, 15) is 0 Å². The Kier molecular flexibility index (Phi) is 2.95. The average Bonchev–Trinajstić information content (AvgIpc) is 2.17. The minimum atomic E-state index is 0.631. The lowest BCUT2D eigenvalue weighted by atomic mass is 10.2. The Balaban J connectivity index is 2.95. The van der Waals surface area contributed by atoms with Crippen LogP contribution in [-0.2, 0) is 0 Å². The first-order valence-electron chi connectivity index (χ1n) is 3.71. The molecule has 0 unspecified atom stereocenters. The fraction of sp³-hybridized carbons (Fsp3) is 0.222. The summed E-state index contributed by atoms with van der Waals surface area (Å²) in [7, 11) is 0. The Morgan fingerprint density at radius 3 is 2.92 bits per heavy atom. The molecular formula is C9H9ClN2. The van der Waals surface area contributed by atoms with Crippen molar-refractivity contribution in [3.63, 3.8) is 0 Å². The van der Waals surface area contributed by atoms with Crippen LogP contribution in [0.5, 0.6) is 0 Å². The minimum absolute atomic E-state index is 0.631. The van der Waals surface area contributed by atoms with Crippen molar-refractivity contribution in [2.24, 2.45) is 0 Å². The highest BCUT2D eigenvalue weighted by atomic mass is 35.5. The first kappa shape index (κ1) is 8.89. The third kappa shape index (κ3) is 1.90. The molecule has 0 bridgehead atoms. The zero-order chi connectivity index (χ0) is 8.97. The van der Waals surface area contributed by atoms with Crippen LogP contribution in [0.3, 0.4) is 0 Å². The van der Waals surface area contributed by atoms with Crippen LogP contribution in [0.15, 0.2) is 24.3 Å². The van der Waals surface area contributed by atoms with Crippen molar-refractivity contribution in [3.8, 4) is 6.07 Å². The number of rotatable bonds is 2. The highest BCUT2D eigenvalue weighted by molar-refractivity contribution is 6.25. The molecule has 0 radical (unpaired) electrons. The SMILES string of the molecule is CCN(Cl)c1cccc(C#N)c1. The summed E-state index contributed by atoms with van der Waals surface area (Å²) in [4.78, 5) is 0. The number of nitrogens with zero attached hydrogens (tertiary/aromatic N) is 2. The van der Waals surface area contributed by atoms with Gasteiger partial charge in [-0.05, 0) is 25.1 Å². The molecule has 2 nitrogen and oxygen atoms in total. The lowest BCUT2D eigenvalue weighted by Crippen LogP contribution is -2.08. The molecule has 0 fully saturated rings. The van der Waals surface area contributed by atoms with Gasteiger partial charge in [0.1, 0.15) is 0 Å². The van der Waals surface area contributed by atoms with Gasteiger partial charge in [0.25, 0.3) is 0 Å². The van der Waals surface area contributed by atoms with Crippen LogP contribution in [0.25, 0.3) is 0 Å². The standard InChI is InChI=1S/C9H9ClN2/c1-2-12(10)9-5-3-4-8(6-9)7-11/h3-6H,2H2,1H3. The van der Waals surface area contributed by atoms with E-state index in [2.05, 4.69) is 6.07 Å². The van der Waals surface area contributed by atoms with E-state index in [4.69, 9.17) is 17.0 Å². The molecule has 1 aromatic rings. The predicted molar refractivity (Wildman–Crippen MR) is 50.0 cm³/mol. The van der Waals surface area contributed by atoms with Crippen molar-refractivity contribution in [2.45, 2.75) is 6.92 Å². The summed E-state index contributed by atoms with van der Waals surface area (Å²) < 4.78 is 1.57. The maximum Gasteiger partial charge on any atom is 0.0992 e.